The predicted octanol–water partition coefficient (Wildman–Crippen LogP) is 5.26. The van der Waals surface area contributed by atoms with E-state index in [2.05, 4.69) is 73.8 Å². The van der Waals surface area contributed by atoms with Gasteiger partial charge >= 0.3 is 0 Å². The molecule has 0 amide bonds. The van der Waals surface area contributed by atoms with Crippen molar-refractivity contribution in [2.75, 3.05) is 7.11 Å². The summed E-state index contributed by atoms with van der Waals surface area (Å²) in [5.74, 6) is 0.897. The Labute approximate surface area is 138 Å². The molecule has 0 unspecified atom stereocenters. The number of nitrogens with one attached hydrogen (secondary N) is 1. The standard InChI is InChI=1S/C21H23NO/c1-15(18-10-6-11-19(14-18)23-3)22-16(2)20-13-7-9-17-8-4-5-12-21(17)20/h4-16,22H,1-3H3/t15-,16-/m0/s1. The third kappa shape index (κ3) is 3.38. The normalized spacial score (nSPS) is 13.7. The molecule has 2 heteroatoms. The van der Waals surface area contributed by atoms with E-state index in [4.69, 9.17) is 4.74 Å². The van der Waals surface area contributed by atoms with Crippen LogP contribution in [0.15, 0.2) is 66.7 Å². The molecule has 23 heavy (non-hydrogen) atoms. The predicted molar refractivity (Wildman–Crippen MR) is 96.9 cm³/mol. The lowest BCUT2D eigenvalue weighted by atomic mass is 9.98. The maximum Gasteiger partial charge on any atom is 0.119 e. The van der Waals surface area contributed by atoms with E-state index in [1.54, 1.807) is 7.11 Å². The lowest BCUT2D eigenvalue weighted by molar-refractivity contribution is 0.412. The van der Waals surface area contributed by atoms with Gasteiger partial charge in [0.1, 0.15) is 5.75 Å². The van der Waals surface area contributed by atoms with Crippen molar-refractivity contribution in [3.63, 3.8) is 0 Å². The van der Waals surface area contributed by atoms with Crippen molar-refractivity contribution in [1.82, 2.24) is 5.32 Å². The van der Waals surface area contributed by atoms with Gasteiger partial charge in [-0.2, -0.15) is 0 Å². The lowest BCUT2D eigenvalue weighted by Crippen LogP contribution is -2.22. The first-order valence-corrected chi connectivity index (χ1v) is 8.06. The first-order chi connectivity index (χ1) is 11.2. The molecule has 0 fully saturated rings. The van der Waals surface area contributed by atoms with Crippen molar-refractivity contribution in [2.24, 2.45) is 0 Å². The Balaban J connectivity index is 1.84. The summed E-state index contributed by atoms with van der Waals surface area (Å²) in [6.45, 7) is 4.41. The number of methoxy groups -OCH3 is 1. The van der Waals surface area contributed by atoms with E-state index in [1.165, 1.54) is 21.9 Å². The molecule has 0 spiro atoms. The van der Waals surface area contributed by atoms with Gasteiger partial charge in [-0.25, -0.2) is 0 Å². The van der Waals surface area contributed by atoms with Crippen LogP contribution in [0.5, 0.6) is 5.75 Å². The highest BCUT2D eigenvalue weighted by Crippen LogP contribution is 2.27. The van der Waals surface area contributed by atoms with Gasteiger partial charge in [-0.05, 0) is 47.9 Å². The number of hydrogen-bond acceptors (Lipinski definition) is 2. The summed E-state index contributed by atoms with van der Waals surface area (Å²) in [7, 11) is 1.70. The maximum atomic E-state index is 5.32. The second-order valence-corrected chi connectivity index (χ2v) is 5.96. The lowest BCUT2D eigenvalue weighted by Gasteiger charge is -2.22. The fourth-order valence-electron chi connectivity index (χ4n) is 3.10. The topological polar surface area (TPSA) is 21.3 Å². The van der Waals surface area contributed by atoms with Crippen molar-refractivity contribution >= 4 is 10.8 Å². The quantitative estimate of drug-likeness (QED) is 0.694. The van der Waals surface area contributed by atoms with Gasteiger partial charge in [0.15, 0.2) is 0 Å². The Hall–Kier alpha value is -2.32. The highest BCUT2D eigenvalue weighted by molar-refractivity contribution is 5.86. The highest BCUT2D eigenvalue weighted by atomic mass is 16.5. The molecule has 2 atom stereocenters. The zero-order chi connectivity index (χ0) is 16.2. The maximum absolute atomic E-state index is 5.32. The van der Waals surface area contributed by atoms with Gasteiger partial charge in [0.2, 0.25) is 0 Å². The summed E-state index contributed by atoms with van der Waals surface area (Å²) in [5.41, 5.74) is 2.56. The van der Waals surface area contributed by atoms with Crippen molar-refractivity contribution < 1.29 is 4.74 Å². The molecule has 0 aromatic heterocycles. The molecule has 0 heterocycles. The van der Waals surface area contributed by atoms with Crippen LogP contribution in [-0.2, 0) is 0 Å². The molecule has 0 saturated heterocycles. The monoisotopic (exact) mass is 305 g/mol. The van der Waals surface area contributed by atoms with Crippen LogP contribution >= 0.6 is 0 Å². The molecule has 2 nitrogen and oxygen atoms in total. The molecule has 0 radical (unpaired) electrons. The number of ether oxygens (including phenoxy) is 1. The second kappa shape index (κ2) is 6.84. The molecule has 0 bridgehead atoms. The molecule has 118 valence electrons. The van der Waals surface area contributed by atoms with Gasteiger partial charge in [-0.15, -0.1) is 0 Å². The van der Waals surface area contributed by atoms with Crippen LogP contribution in [0, 0.1) is 0 Å². The number of rotatable bonds is 5. The molecular formula is C21H23NO. The first-order valence-electron chi connectivity index (χ1n) is 8.06. The van der Waals surface area contributed by atoms with E-state index >= 15 is 0 Å². The average Bonchev–Trinajstić information content (AvgIpc) is 2.61. The van der Waals surface area contributed by atoms with Crippen molar-refractivity contribution in [3.8, 4) is 5.75 Å². The number of fused-ring (bicyclic) bond motifs is 1. The summed E-state index contributed by atoms with van der Waals surface area (Å²) in [5, 5.41) is 6.30. The van der Waals surface area contributed by atoms with Crippen molar-refractivity contribution in [3.05, 3.63) is 77.9 Å². The molecule has 3 aromatic rings. The van der Waals surface area contributed by atoms with E-state index in [9.17, 15) is 0 Å². The smallest absolute Gasteiger partial charge is 0.119 e. The van der Waals surface area contributed by atoms with Crippen LogP contribution in [0.2, 0.25) is 0 Å². The largest absolute Gasteiger partial charge is 0.497 e. The summed E-state index contributed by atoms with van der Waals surface area (Å²) in [4.78, 5) is 0. The minimum Gasteiger partial charge on any atom is -0.497 e. The van der Waals surface area contributed by atoms with E-state index in [-0.39, 0.29) is 12.1 Å². The van der Waals surface area contributed by atoms with Crippen LogP contribution in [0.4, 0.5) is 0 Å². The zero-order valence-electron chi connectivity index (χ0n) is 13.9. The first kappa shape index (κ1) is 15.6. The van der Waals surface area contributed by atoms with Crippen LogP contribution in [-0.4, -0.2) is 7.11 Å². The Morgan fingerprint density at radius 3 is 2.39 bits per heavy atom. The Morgan fingerprint density at radius 1 is 0.826 bits per heavy atom. The van der Waals surface area contributed by atoms with Crippen LogP contribution in [0.3, 0.4) is 0 Å². The molecular weight excluding hydrogens is 282 g/mol. The number of hydrogen-bond donors (Lipinski definition) is 1. The van der Waals surface area contributed by atoms with Crippen LogP contribution in [0.25, 0.3) is 10.8 Å². The molecule has 3 aromatic carbocycles. The van der Waals surface area contributed by atoms with Gasteiger partial charge in [-0.1, -0.05) is 54.6 Å². The molecule has 0 aliphatic rings. The van der Waals surface area contributed by atoms with Crippen LogP contribution < -0.4 is 10.1 Å². The fraction of sp³-hybridized carbons (Fsp3) is 0.238. The van der Waals surface area contributed by atoms with Crippen LogP contribution in [0.1, 0.15) is 37.1 Å². The molecule has 0 aliphatic carbocycles. The Morgan fingerprint density at radius 2 is 1.57 bits per heavy atom. The average molecular weight is 305 g/mol. The Kier molecular flexibility index (Phi) is 4.63. The number of benzene rings is 3. The van der Waals surface area contributed by atoms with Gasteiger partial charge in [0.05, 0.1) is 7.11 Å². The van der Waals surface area contributed by atoms with Gasteiger partial charge < -0.3 is 10.1 Å². The third-order valence-corrected chi connectivity index (χ3v) is 4.38. The van der Waals surface area contributed by atoms with E-state index < -0.39 is 0 Å². The summed E-state index contributed by atoms with van der Waals surface area (Å²) < 4.78 is 5.32. The van der Waals surface area contributed by atoms with Crippen molar-refractivity contribution in [1.29, 1.82) is 0 Å². The molecule has 0 saturated carbocycles. The molecule has 0 aliphatic heterocycles. The van der Waals surface area contributed by atoms with E-state index in [1.807, 2.05) is 12.1 Å². The van der Waals surface area contributed by atoms with E-state index in [0.717, 1.165) is 5.75 Å². The zero-order valence-corrected chi connectivity index (χ0v) is 13.9. The summed E-state index contributed by atoms with van der Waals surface area (Å²) in [6, 6.07) is 23.8. The highest BCUT2D eigenvalue weighted by Gasteiger charge is 2.13. The SMILES string of the molecule is COc1cccc([C@H](C)N[C@@H](C)c2cccc3ccccc23)c1. The van der Waals surface area contributed by atoms with Gasteiger partial charge in [-0.3, -0.25) is 0 Å². The second-order valence-electron chi connectivity index (χ2n) is 5.96. The fourth-order valence-corrected chi connectivity index (χ4v) is 3.10. The molecule has 3 rings (SSSR count). The van der Waals surface area contributed by atoms with E-state index in [0.29, 0.717) is 0 Å². The minimum absolute atomic E-state index is 0.249. The Bertz CT molecular complexity index is 791. The summed E-state index contributed by atoms with van der Waals surface area (Å²) >= 11 is 0. The third-order valence-electron chi connectivity index (χ3n) is 4.38. The molecule has 1 N–H and O–H groups in total. The summed E-state index contributed by atoms with van der Waals surface area (Å²) in [6.07, 6.45) is 0. The van der Waals surface area contributed by atoms with Gasteiger partial charge in [0, 0.05) is 12.1 Å². The van der Waals surface area contributed by atoms with Gasteiger partial charge in [0.25, 0.3) is 0 Å². The minimum atomic E-state index is 0.249. The van der Waals surface area contributed by atoms with Crippen molar-refractivity contribution in [2.45, 2.75) is 25.9 Å².